The van der Waals surface area contributed by atoms with Crippen LogP contribution in [0.2, 0.25) is 0 Å². The van der Waals surface area contributed by atoms with Crippen molar-refractivity contribution in [2.45, 2.75) is 6.61 Å². The molecule has 4 nitrogen and oxygen atoms in total. The lowest BCUT2D eigenvalue weighted by molar-refractivity contribution is 0.0696. The number of pyridine rings is 1. The van der Waals surface area contributed by atoms with Crippen LogP contribution >= 0.6 is 0 Å². The molecule has 0 atom stereocenters. The van der Waals surface area contributed by atoms with E-state index in [-0.39, 0.29) is 5.56 Å². The van der Waals surface area contributed by atoms with E-state index in [1.807, 2.05) is 0 Å². The minimum atomic E-state index is -0.972. The van der Waals surface area contributed by atoms with Gasteiger partial charge in [0.2, 0.25) is 0 Å². The van der Waals surface area contributed by atoms with Gasteiger partial charge in [-0.2, -0.15) is 0 Å². The Morgan fingerprint density at radius 3 is 3.00 bits per heavy atom. The van der Waals surface area contributed by atoms with E-state index in [9.17, 15) is 4.79 Å². The Morgan fingerprint density at radius 1 is 1.67 bits per heavy atom. The van der Waals surface area contributed by atoms with Crippen molar-refractivity contribution in [1.29, 1.82) is 0 Å². The summed E-state index contributed by atoms with van der Waals surface area (Å²) in [6.45, 7) is 0.383. The van der Waals surface area contributed by atoms with Crippen LogP contribution in [0.3, 0.4) is 0 Å². The van der Waals surface area contributed by atoms with Crippen LogP contribution < -0.4 is 0 Å². The second-order valence-corrected chi connectivity index (χ2v) is 2.32. The van der Waals surface area contributed by atoms with Gasteiger partial charge >= 0.3 is 5.97 Å². The van der Waals surface area contributed by atoms with E-state index in [2.05, 4.69) is 4.98 Å². The summed E-state index contributed by atoms with van der Waals surface area (Å²) in [6.07, 6.45) is 2.89. The van der Waals surface area contributed by atoms with Crippen molar-refractivity contribution in [3.63, 3.8) is 0 Å². The Labute approximate surface area is 69.8 Å². The van der Waals surface area contributed by atoms with E-state index in [1.54, 1.807) is 19.4 Å². The zero-order valence-electron chi connectivity index (χ0n) is 6.65. The maximum Gasteiger partial charge on any atom is 0.337 e. The molecule has 1 aromatic rings. The highest BCUT2D eigenvalue weighted by Gasteiger charge is 2.02. The molecule has 1 aromatic heterocycles. The van der Waals surface area contributed by atoms with Crippen LogP contribution in [0.15, 0.2) is 18.5 Å². The number of nitrogens with zero attached hydrogens (tertiary/aromatic N) is 1. The first kappa shape index (κ1) is 8.67. The van der Waals surface area contributed by atoms with E-state index in [1.165, 1.54) is 6.20 Å². The molecule has 1 heterocycles. The fourth-order valence-corrected chi connectivity index (χ4v) is 0.850. The van der Waals surface area contributed by atoms with Crippen LogP contribution in [-0.4, -0.2) is 23.2 Å². The second-order valence-electron chi connectivity index (χ2n) is 2.32. The third kappa shape index (κ3) is 2.03. The van der Waals surface area contributed by atoms with Gasteiger partial charge in [-0.25, -0.2) is 4.79 Å². The number of ether oxygens (including phenoxy) is 1. The van der Waals surface area contributed by atoms with Gasteiger partial charge in [0.1, 0.15) is 0 Å². The van der Waals surface area contributed by atoms with Gasteiger partial charge in [0.15, 0.2) is 0 Å². The SMILES string of the molecule is COCc1cncc(C(=O)O)c1. The molecule has 0 saturated heterocycles. The molecule has 0 fully saturated rings. The predicted molar refractivity (Wildman–Crippen MR) is 41.9 cm³/mol. The molecular formula is C8H9NO3. The van der Waals surface area contributed by atoms with E-state index < -0.39 is 5.97 Å². The summed E-state index contributed by atoms with van der Waals surface area (Å²) < 4.78 is 4.83. The highest BCUT2D eigenvalue weighted by Crippen LogP contribution is 2.03. The minimum absolute atomic E-state index is 0.185. The van der Waals surface area contributed by atoms with Crippen LogP contribution in [0.1, 0.15) is 15.9 Å². The van der Waals surface area contributed by atoms with E-state index in [4.69, 9.17) is 9.84 Å². The lowest BCUT2D eigenvalue weighted by atomic mass is 10.2. The molecule has 0 unspecified atom stereocenters. The largest absolute Gasteiger partial charge is 0.478 e. The number of hydrogen-bond acceptors (Lipinski definition) is 3. The lowest BCUT2D eigenvalue weighted by Gasteiger charge is -1.99. The molecule has 12 heavy (non-hydrogen) atoms. The summed E-state index contributed by atoms with van der Waals surface area (Å²) in [5.74, 6) is -0.972. The molecule has 4 heteroatoms. The molecule has 0 radical (unpaired) electrons. The zero-order chi connectivity index (χ0) is 8.97. The van der Waals surface area contributed by atoms with Crippen LogP contribution in [0.5, 0.6) is 0 Å². The fourth-order valence-electron chi connectivity index (χ4n) is 0.850. The summed E-state index contributed by atoms with van der Waals surface area (Å²) in [5, 5.41) is 8.60. The van der Waals surface area contributed by atoms with Crippen molar-refractivity contribution in [2.24, 2.45) is 0 Å². The van der Waals surface area contributed by atoms with E-state index >= 15 is 0 Å². The number of aromatic carboxylic acids is 1. The molecule has 1 N–H and O–H groups in total. The maximum absolute atomic E-state index is 10.5. The van der Waals surface area contributed by atoms with Crippen LogP contribution in [0.25, 0.3) is 0 Å². The third-order valence-electron chi connectivity index (χ3n) is 1.35. The molecule has 0 aliphatic carbocycles. The molecular weight excluding hydrogens is 158 g/mol. The first-order valence-corrected chi connectivity index (χ1v) is 3.40. The van der Waals surface area contributed by atoms with Gasteiger partial charge in [0.25, 0.3) is 0 Å². The van der Waals surface area contributed by atoms with Gasteiger partial charge < -0.3 is 9.84 Å². The van der Waals surface area contributed by atoms with Crippen molar-refractivity contribution in [3.8, 4) is 0 Å². The first-order valence-electron chi connectivity index (χ1n) is 3.40. The van der Waals surface area contributed by atoms with Gasteiger partial charge in [0, 0.05) is 19.5 Å². The van der Waals surface area contributed by atoms with Crippen LogP contribution in [0, 0.1) is 0 Å². The molecule has 64 valence electrons. The standard InChI is InChI=1S/C8H9NO3/c1-12-5-6-2-7(8(10)11)4-9-3-6/h2-4H,5H2,1H3,(H,10,11). The molecule has 0 aromatic carbocycles. The molecule has 0 aliphatic rings. The van der Waals surface area contributed by atoms with E-state index in [0.717, 1.165) is 5.56 Å². The Bertz CT molecular complexity index is 285. The van der Waals surface area contributed by atoms with Crippen LogP contribution in [-0.2, 0) is 11.3 Å². The number of hydrogen-bond donors (Lipinski definition) is 1. The first-order chi connectivity index (χ1) is 5.74. The maximum atomic E-state index is 10.5. The number of methoxy groups -OCH3 is 1. The number of carboxylic acids is 1. The Kier molecular flexibility index (Phi) is 2.76. The van der Waals surface area contributed by atoms with Crippen LogP contribution in [0.4, 0.5) is 0 Å². The molecule has 0 spiro atoms. The minimum Gasteiger partial charge on any atom is -0.478 e. The highest BCUT2D eigenvalue weighted by atomic mass is 16.5. The Balaban J connectivity index is 2.88. The summed E-state index contributed by atoms with van der Waals surface area (Å²) in [6, 6.07) is 1.54. The third-order valence-corrected chi connectivity index (χ3v) is 1.35. The van der Waals surface area contributed by atoms with Crippen molar-refractivity contribution >= 4 is 5.97 Å². The van der Waals surface area contributed by atoms with Gasteiger partial charge in [-0.3, -0.25) is 4.98 Å². The van der Waals surface area contributed by atoms with Crippen molar-refractivity contribution in [2.75, 3.05) is 7.11 Å². The van der Waals surface area contributed by atoms with Gasteiger partial charge in [-0.1, -0.05) is 0 Å². The van der Waals surface area contributed by atoms with Gasteiger partial charge in [-0.05, 0) is 11.6 Å². The summed E-state index contributed by atoms with van der Waals surface area (Å²) >= 11 is 0. The molecule has 1 rings (SSSR count). The van der Waals surface area contributed by atoms with Crippen molar-refractivity contribution < 1.29 is 14.6 Å². The molecule has 0 aliphatic heterocycles. The second kappa shape index (κ2) is 3.82. The monoisotopic (exact) mass is 167 g/mol. The van der Waals surface area contributed by atoms with Gasteiger partial charge in [0.05, 0.1) is 12.2 Å². The lowest BCUT2D eigenvalue weighted by Crippen LogP contribution is -1.99. The Morgan fingerprint density at radius 2 is 2.42 bits per heavy atom. The quantitative estimate of drug-likeness (QED) is 0.727. The highest BCUT2D eigenvalue weighted by molar-refractivity contribution is 5.87. The topological polar surface area (TPSA) is 59.4 Å². The smallest absolute Gasteiger partial charge is 0.337 e. The average molecular weight is 167 g/mol. The molecule has 0 bridgehead atoms. The molecule has 0 amide bonds. The fraction of sp³-hybridized carbons (Fsp3) is 0.250. The summed E-state index contributed by atoms with van der Waals surface area (Å²) in [7, 11) is 1.55. The van der Waals surface area contributed by atoms with Gasteiger partial charge in [-0.15, -0.1) is 0 Å². The number of aromatic nitrogens is 1. The normalized spacial score (nSPS) is 9.75. The average Bonchev–Trinajstić information content (AvgIpc) is 2.05. The number of carboxylic acid groups (broad SMARTS) is 1. The summed E-state index contributed by atoms with van der Waals surface area (Å²) in [4.78, 5) is 14.2. The van der Waals surface area contributed by atoms with E-state index in [0.29, 0.717) is 6.61 Å². The summed E-state index contributed by atoms with van der Waals surface area (Å²) in [5.41, 5.74) is 0.946. The number of rotatable bonds is 3. The molecule has 0 saturated carbocycles. The van der Waals surface area contributed by atoms with Crippen molar-refractivity contribution in [3.05, 3.63) is 29.6 Å². The number of carbonyl (C=O) groups is 1. The predicted octanol–water partition coefficient (Wildman–Crippen LogP) is 0.926. The Hall–Kier alpha value is -1.42. The zero-order valence-corrected chi connectivity index (χ0v) is 6.65. The van der Waals surface area contributed by atoms with Crippen molar-refractivity contribution in [1.82, 2.24) is 4.98 Å².